The molecule has 1 saturated carbocycles. The van der Waals surface area contributed by atoms with E-state index >= 15 is 0 Å². The fraction of sp³-hybridized carbons (Fsp3) is 1.00. The Hall–Kier alpha value is -0.120. The lowest BCUT2D eigenvalue weighted by molar-refractivity contribution is 0.206. The molecule has 1 aliphatic carbocycles. The van der Waals surface area contributed by atoms with Gasteiger partial charge in [0.2, 0.25) is 0 Å². The fourth-order valence-corrected chi connectivity index (χ4v) is 2.31. The lowest BCUT2D eigenvalue weighted by atomic mass is 9.78. The summed E-state index contributed by atoms with van der Waals surface area (Å²) in [6, 6.07) is 0.678. The molecule has 0 heterocycles. The third-order valence-corrected chi connectivity index (χ3v) is 3.59. The van der Waals surface area contributed by atoms with Crippen LogP contribution in [0.3, 0.4) is 0 Å². The van der Waals surface area contributed by atoms with E-state index in [1.165, 1.54) is 19.3 Å². The lowest BCUT2D eigenvalue weighted by Crippen LogP contribution is -2.43. The average Bonchev–Trinajstić information content (AvgIpc) is 2.12. The van der Waals surface area contributed by atoms with E-state index in [4.69, 9.17) is 11.5 Å². The Balaban J connectivity index is 2.22. The normalized spacial score (nSPS) is 33.6. The van der Waals surface area contributed by atoms with Crippen LogP contribution in [-0.4, -0.2) is 18.8 Å². The van der Waals surface area contributed by atoms with E-state index < -0.39 is 0 Å². The Morgan fingerprint density at radius 3 is 2.64 bits per heavy atom. The van der Waals surface area contributed by atoms with Crippen molar-refractivity contribution in [2.75, 3.05) is 6.54 Å². The molecule has 0 spiro atoms. The van der Waals surface area contributed by atoms with E-state index in [0.29, 0.717) is 6.04 Å². The highest BCUT2D eigenvalue weighted by atomic mass is 14.9. The number of hydrogen-bond donors (Lipinski definition) is 3. The topological polar surface area (TPSA) is 64.1 Å². The lowest BCUT2D eigenvalue weighted by Gasteiger charge is -2.35. The van der Waals surface area contributed by atoms with Gasteiger partial charge in [0.05, 0.1) is 6.17 Å². The first-order valence-electron chi connectivity index (χ1n) is 5.86. The largest absolute Gasteiger partial charge is 0.316 e. The quantitative estimate of drug-likeness (QED) is 0.593. The first-order chi connectivity index (χ1) is 6.61. The third kappa shape index (κ3) is 3.56. The van der Waals surface area contributed by atoms with Crippen molar-refractivity contribution in [2.24, 2.45) is 23.3 Å². The van der Waals surface area contributed by atoms with Gasteiger partial charge in [-0.1, -0.05) is 26.7 Å². The summed E-state index contributed by atoms with van der Waals surface area (Å²) in [5.41, 5.74) is 11.0. The number of rotatable bonds is 4. The summed E-state index contributed by atoms with van der Waals surface area (Å²) >= 11 is 0. The monoisotopic (exact) mass is 199 g/mol. The molecule has 3 atom stereocenters. The summed E-state index contributed by atoms with van der Waals surface area (Å²) in [4.78, 5) is 0. The second-order valence-corrected chi connectivity index (χ2v) is 4.78. The standard InChI is InChI=1S/C11H25N3/c1-8-4-3-5-10(9(8)2)14-7-6-11(12)13/h8-11,14H,3-7,12-13H2,1-2H3. The van der Waals surface area contributed by atoms with Crippen molar-refractivity contribution < 1.29 is 0 Å². The minimum absolute atomic E-state index is 0.168. The second kappa shape index (κ2) is 5.69. The Kier molecular flexibility index (Phi) is 4.85. The Morgan fingerprint density at radius 2 is 2.00 bits per heavy atom. The van der Waals surface area contributed by atoms with Crippen LogP contribution < -0.4 is 16.8 Å². The molecule has 5 N–H and O–H groups in total. The van der Waals surface area contributed by atoms with Gasteiger partial charge in [-0.2, -0.15) is 0 Å². The van der Waals surface area contributed by atoms with Gasteiger partial charge in [0.15, 0.2) is 0 Å². The second-order valence-electron chi connectivity index (χ2n) is 4.78. The van der Waals surface area contributed by atoms with Crippen LogP contribution >= 0.6 is 0 Å². The molecular formula is C11H25N3. The van der Waals surface area contributed by atoms with Crippen LogP contribution in [0.1, 0.15) is 39.5 Å². The number of nitrogens with one attached hydrogen (secondary N) is 1. The molecule has 0 aromatic heterocycles. The number of hydrogen-bond acceptors (Lipinski definition) is 3. The van der Waals surface area contributed by atoms with Gasteiger partial charge in [0, 0.05) is 6.04 Å². The maximum atomic E-state index is 5.51. The molecule has 1 fully saturated rings. The van der Waals surface area contributed by atoms with Crippen molar-refractivity contribution in [3.05, 3.63) is 0 Å². The van der Waals surface area contributed by atoms with E-state index in [1.807, 2.05) is 0 Å². The third-order valence-electron chi connectivity index (χ3n) is 3.59. The predicted molar refractivity (Wildman–Crippen MR) is 60.7 cm³/mol. The van der Waals surface area contributed by atoms with E-state index in [0.717, 1.165) is 24.8 Å². The molecule has 0 radical (unpaired) electrons. The van der Waals surface area contributed by atoms with Gasteiger partial charge in [-0.05, 0) is 31.2 Å². The Morgan fingerprint density at radius 1 is 1.29 bits per heavy atom. The minimum Gasteiger partial charge on any atom is -0.316 e. The molecule has 0 aliphatic heterocycles. The zero-order valence-corrected chi connectivity index (χ0v) is 9.50. The van der Waals surface area contributed by atoms with Gasteiger partial charge in [-0.15, -0.1) is 0 Å². The van der Waals surface area contributed by atoms with Gasteiger partial charge < -0.3 is 16.8 Å². The van der Waals surface area contributed by atoms with Crippen LogP contribution in [0.15, 0.2) is 0 Å². The van der Waals surface area contributed by atoms with Crippen LogP contribution in [0, 0.1) is 11.8 Å². The molecule has 0 amide bonds. The Labute approximate surface area is 87.6 Å². The summed E-state index contributed by atoms with van der Waals surface area (Å²) in [7, 11) is 0. The van der Waals surface area contributed by atoms with E-state index in [2.05, 4.69) is 19.2 Å². The molecule has 0 aromatic rings. The van der Waals surface area contributed by atoms with Gasteiger partial charge in [-0.3, -0.25) is 0 Å². The van der Waals surface area contributed by atoms with Crippen LogP contribution in [-0.2, 0) is 0 Å². The minimum atomic E-state index is -0.168. The maximum absolute atomic E-state index is 5.51. The first kappa shape index (κ1) is 12.0. The van der Waals surface area contributed by atoms with Crippen LogP contribution in [0.4, 0.5) is 0 Å². The molecule has 0 aromatic carbocycles. The predicted octanol–water partition coefficient (Wildman–Crippen LogP) is 1.03. The van der Waals surface area contributed by atoms with Crippen molar-refractivity contribution in [1.29, 1.82) is 0 Å². The molecule has 1 rings (SSSR count). The smallest absolute Gasteiger partial charge is 0.0533 e. The SMILES string of the molecule is CC1CCCC(NCCC(N)N)C1C. The van der Waals surface area contributed by atoms with E-state index in [9.17, 15) is 0 Å². The summed E-state index contributed by atoms with van der Waals surface area (Å²) in [6.45, 7) is 5.66. The first-order valence-corrected chi connectivity index (χ1v) is 5.86. The molecule has 84 valence electrons. The van der Waals surface area contributed by atoms with Crippen molar-refractivity contribution in [3.63, 3.8) is 0 Å². The van der Waals surface area contributed by atoms with Gasteiger partial charge >= 0.3 is 0 Å². The summed E-state index contributed by atoms with van der Waals surface area (Å²) in [5.74, 6) is 1.64. The van der Waals surface area contributed by atoms with Gasteiger partial charge in [0.1, 0.15) is 0 Å². The highest BCUT2D eigenvalue weighted by Crippen LogP contribution is 2.29. The van der Waals surface area contributed by atoms with Crippen molar-refractivity contribution >= 4 is 0 Å². The molecule has 0 saturated heterocycles. The van der Waals surface area contributed by atoms with Crippen molar-refractivity contribution in [2.45, 2.75) is 51.7 Å². The van der Waals surface area contributed by atoms with Crippen LogP contribution in [0.2, 0.25) is 0 Å². The number of nitrogens with two attached hydrogens (primary N) is 2. The molecular weight excluding hydrogens is 174 g/mol. The van der Waals surface area contributed by atoms with Crippen molar-refractivity contribution in [1.82, 2.24) is 5.32 Å². The maximum Gasteiger partial charge on any atom is 0.0533 e. The zero-order valence-electron chi connectivity index (χ0n) is 9.50. The van der Waals surface area contributed by atoms with Crippen molar-refractivity contribution in [3.8, 4) is 0 Å². The highest BCUT2D eigenvalue weighted by Gasteiger charge is 2.26. The molecule has 3 nitrogen and oxygen atoms in total. The van der Waals surface area contributed by atoms with Crippen LogP contribution in [0.25, 0.3) is 0 Å². The molecule has 1 aliphatic rings. The molecule has 0 bridgehead atoms. The van der Waals surface area contributed by atoms with Gasteiger partial charge in [0.25, 0.3) is 0 Å². The Bertz CT molecular complexity index is 159. The fourth-order valence-electron chi connectivity index (χ4n) is 2.31. The van der Waals surface area contributed by atoms with E-state index in [-0.39, 0.29) is 6.17 Å². The van der Waals surface area contributed by atoms with Gasteiger partial charge in [-0.25, -0.2) is 0 Å². The average molecular weight is 199 g/mol. The summed E-state index contributed by atoms with van der Waals surface area (Å²) < 4.78 is 0. The molecule has 3 unspecified atom stereocenters. The summed E-state index contributed by atoms with van der Waals surface area (Å²) in [5, 5.41) is 3.57. The van der Waals surface area contributed by atoms with Crippen LogP contribution in [0.5, 0.6) is 0 Å². The van der Waals surface area contributed by atoms with E-state index in [1.54, 1.807) is 0 Å². The zero-order chi connectivity index (χ0) is 10.6. The molecule has 14 heavy (non-hydrogen) atoms. The highest BCUT2D eigenvalue weighted by molar-refractivity contribution is 4.82. The summed E-state index contributed by atoms with van der Waals surface area (Å²) in [6.07, 6.45) is 4.76. The molecule has 3 heteroatoms.